The Morgan fingerprint density at radius 3 is 2.67 bits per heavy atom. The fourth-order valence-electron chi connectivity index (χ4n) is 0.620. The lowest BCUT2D eigenvalue weighted by atomic mass is 10.1. The molecule has 0 saturated heterocycles. The zero-order valence-electron chi connectivity index (χ0n) is 5.16. The maximum Gasteiger partial charge on any atom is 0.187 e. The molecule has 1 heterocycles. The molecule has 0 bridgehead atoms. The van der Waals surface area contributed by atoms with E-state index in [1.807, 2.05) is 6.08 Å². The molecule has 0 aromatic heterocycles. The number of hydrogen-bond acceptors (Lipinski definition) is 3. The summed E-state index contributed by atoms with van der Waals surface area (Å²) in [5.41, 5.74) is -0.727. The molecule has 0 aromatic carbocycles. The number of rotatable bonds is 1. The van der Waals surface area contributed by atoms with Gasteiger partial charge in [0, 0.05) is 0 Å². The third kappa shape index (κ3) is 1.16. The average Bonchev–Trinajstić information content (AvgIpc) is 1.90. The summed E-state index contributed by atoms with van der Waals surface area (Å²) in [5, 5.41) is 5.68. The van der Waals surface area contributed by atoms with E-state index in [-0.39, 0.29) is 0 Å². The predicted octanol–water partition coefficient (Wildman–Crippen LogP) is 1.14. The highest BCUT2D eigenvalue weighted by molar-refractivity contribution is 5.16. The summed E-state index contributed by atoms with van der Waals surface area (Å²) >= 11 is 0. The minimum Gasteiger partial charge on any atom is -0.362 e. The number of allylic oxidation sites excluding steroid dienone is 2. The van der Waals surface area contributed by atoms with Gasteiger partial charge in [0.2, 0.25) is 0 Å². The van der Waals surface area contributed by atoms with Crippen LogP contribution in [-0.2, 0) is 0 Å². The first-order valence-electron chi connectivity index (χ1n) is 2.73. The van der Waals surface area contributed by atoms with Crippen molar-refractivity contribution in [2.24, 2.45) is 5.18 Å². The SMILES string of the molecule is CC1(N=O)C=CC=CN1. The van der Waals surface area contributed by atoms with Crippen LogP contribution in [0.5, 0.6) is 0 Å². The van der Waals surface area contributed by atoms with Crippen molar-refractivity contribution in [3.63, 3.8) is 0 Å². The van der Waals surface area contributed by atoms with E-state index in [1.165, 1.54) is 0 Å². The molecular weight excluding hydrogens is 116 g/mol. The lowest BCUT2D eigenvalue weighted by molar-refractivity contribution is 0.517. The maximum absolute atomic E-state index is 10.1. The maximum atomic E-state index is 10.1. The van der Waals surface area contributed by atoms with Crippen molar-refractivity contribution < 1.29 is 0 Å². The fourth-order valence-corrected chi connectivity index (χ4v) is 0.620. The van der Waals surface area contributed by atoms with Crippen molar-refractivity contribution in [3.05, 3.63) is 29.3 Å². The lowest BCUT2D eigenvalue weighted by Gasteiger charge is -2.18. The van der Waals surface area contributed by atoms with E-state index in [0.717, 1.165) is 0 Å². The highest BCUT2D eigenvalue weighted by Gasteiger charge is 2.19. The van der Waals surface area contributed by atoms with E-state index >= 15 is 0 Å². The van der Waals surface area contributed by atoms with Crippen molar-refractivity contribution in [3.8, 4) is 0 Å². The van der Waals surface area contributed by atoms with Gasteiger partial charge >= 0.3 is 0 Å². The Bertz CT molecular complexity index is 174. The Morgan fingerprint density at radius 1 is 1.56 bits per heavy atom. The normalized spacial score (nSPS) is 31.7. The molecule has 1 N–H and O–H groups in total. The molecule has 0 amide bonds. The molecule has 0 spiro atoms. The van der Waals surface area contributed by atoms with E-state index in [9.17, 15) is 4.91 Å². The van der Waals surface area contributed by atoms with Gasteiger partial charge in [0.15, 0.2) is 5.66 Å². The van der Waals surface area contributed by atoms with Crippen LogP contribution in [0.1, 0.15) is 6.92 Å². The number of hydrogen-bond donors (Lipinski definition) is 1. The van der Waals surface area contributed by atoms with E-state index in [1.54, 1.807) is 25.3 Å². The molecule has 0 radical (unpaired) electrons. The number of nitroso groups, excluding NO2 is 1. The fraction of sp³-hybridized carbons (Fsp3) is 0.333. The van der Waals surface area contributed by atoms with Gasteiger partial charge in [0.05, 0.1) is 0 Å². The largest absolute Gasteiger partial charge is 0.362 e. The molecule has 1 aliphatic rings. The van der Waals surface area contributed by atoms with Gasteiger partial charge in [-0.1, -0.05) is 6.08 Å². The number of nitrogens with zero attached hydrogens (tertiary/aromatic N) is 1. The Kier molecular flexibility index (Phi) is 1.34. The van der Waals surface area contributed by atoms with Gasteiger partial charge in [-0.2, -0.15) is 0 Å². The van der Waals surface area contributed by atoms with Crippen LogP contribution in [0.2, 0.25) is 0 Å². The average molecular weight is 124 g/mol. The monoisotopic (exact) mass is 124 g/mol. The minimum atomic E-state index is -0.727. The van der Waals surface area contributed by atoms with Gasteiger partial charge in [-0.3, -0.25) is 0 Å². The van der Waals surface area contributed by atoms with Crippen LogP contribution in [0.4, 0.5) is 0 Å². The zero-order valence-corrected chi connectivity index (χ0v) is 5.16. The van der Waals surface area contributed by atoms with Gasteiger partial charge in [0.25, 0.3) is 0 Å². The van der Waals surface area contributed by atoms with Gasteiger partial charge in [-0.15, -0.1) is 4.91 Å². The van der Waals surface area contributed by atoms with Crippen LogP contribution < -0.4 is 5.32 Å². The van der Waals surface area contributed by atoms with Crippen molar-refractivity contribution in [2.75, 3.05) is 0 Å². The highest BCUT2D eigenvalue weighted by atomic mass is 16.3. The number of nitrogens with one attached hydrogen (secondary N) is 1. The summed E-state index contributed by atoms with van der Waals surface area (Å²) < 4.78 is 0. The van der Waals surface area contributed by atoms with Crippen LogP contribution in [0, 0.1) is 4.91 Å². The first-order valence-corrected chi connectivity index (χ1v) is 2.73. The smallest absolute Gasteiger partial charge is 0.187 e. The summed E-state index contributed by atoms with van der Waals surface area (Å²) in [5.74, 6) is 0. The number of dihydropyridines is 1. The molecule has 0 saturated carbocycles. The summed E-state index contributed by atoms with van der Waals surface area (Å²) in [6.07, 6.45) is 7.01. The first kappa shape index (κ1) is 6.01. The van der Waals surface area contributed by atoms with Crippen LogP contribution in [-0.4, -0.2) is 5.66 Å². The Labute approximate surface area is 53.4 Å². The molecule has 3 nitrogen and oxygen atoms in total. The summed E-state index contributed by atoms with van der Waals surface area (Å²) in [4.78, 5) is 10.1. The molecule has 0 aromatic rings. The van der Waals surface area contributed by atoms with E-state index < -0.39 is 5.66 Å². The molecule has 0 aliphatic carbocycles. The predicted molar refractivity (Wildman–Crippen MR) is 35.6 cm³/mol. The van der Waals surface area contributed by atoms with Crippen LogP contribution >= 0.6 is 0 Å². The quantitative estimate of drug-likeness (QED) is 0.532. The summed E-state index contributed by atoms with van der Waals surface area (Å²) in [6, 6.07) is 0. The molecule has 1 aliphatic heterocycles. The Morgan fingerprint density at radius 2 is 2.33 bits per heavy atom. The van der Waals surface area contributed by atoms with Gasteiger partial charge < -0.3 is 5.32 Å². The van der Waals surface area contributed by atoms with Gasteiger partial charge in [0.1, 0.15) is 0 Å². The van der Waals surface area contributed by atoms with Gasteiger partial charge in [-0.25, -0.2) is 0 Å². The van der Waals surface area contributed by atoms with Gasteiger partial charge in [-0.05, 0) is 30.5 Å². The molecule has 0 fully saturated rings. The summed E-state index contributed by atoms with van der Waals surface area (Å²) in [7, 11) is 0. The lowest BCUT2D eigenvalue weighted by Crippen LogP contribution is -2.35. The van der Waals surface area contributed by atoms with Crippen molar-refractivity contribution in [2.45, 2.75) is 12.6 Å². The summed E-state index contributed by atoms with van der Waals surface area (Å²) in [6.45, 7) is 1.71. The van der Waals surface area contributed by atoms with Crippen LogP contribution in [0.25, 0.3) is 0 Å². The second-order valence-electron chi connectivity index (χ2n) is 2.10. The van der Waals surface area contributed by atoms with E-state index in [4.69, 9.17) is 0 Å². The minimum absolute atomic E-state index is 0.727. The van der Waals surface area contributed by atoms with Crippen molar-refractivity contribution in [1.82, 2.24) is 5.32 Å². The second-order valence-corrected chi connectivity index (χ2v) is 2.10. The second kappa shape index (κ2) is 2.01. The van der Waals surface area contributed by atoms with Crippen molar-refractivity contribution >= 4 is 0 Å². The third-order valence-corrected chi connectivity index (χ3v) is 1.19. The van der Waals surface area contributed by atoms with Crippen LogP contribution in [0.3, 0.4) is 0 Å². The first-order chi connectivity index (χ1) is 4.27. The molecule has 1 atom stereocenters. The molecule has 48 valence electrons. The zero-order chi connectivity index (χ0) is 6.74. The third-order valence-electron chi connectivity index (χ3n) is 1.19. The molecule has 9 heavy (non-hydrogen) atoms. The molecular formula is C6H8N2O. The van der Waals surface area contributed by atoms with Crippen molar-refractivity contribution in [1.29, 1.82) is 0 Å². The molecule has 3 heteroatoms. The van der Waals surface area contributed by atoms with E-state index in [0.29, 0.717) is 0 Å². The Hall–Kier alpha value is -1.12. The standard InChI is InChI=1S/C6H8N2O/c1-6(8-9)4-2-3-5-7-6/h2-5,7H,1H3. The topological polar surface area (TPSA) is 41.5 Å². The molecule has 1 rings (SSSR count). The highest BCUT2D eigenvalue weighted by Crippen LogP contribution is 2.09. The Balaban J connectivity index is 2.73. The van der Waals surface area contributed by atoms with E-state index in [2.05, 4.69) is 10.5 Å². The molecule has 1 unspecified atom stereocenters. The van der Waals surface area contributed by atoms with Crippen LogP contribution in [0.15, 0.2) is 29.6 Å².